The third-order valence-corrected chi connectivity index (χ3v) is 3.19. The van der Waals surface area contributed by atoms with Gasteiger partial charge in [0.25, 0.3) is 5.69 Å². The maximum absolute atomic E-state index is 10.9. The van der Waals surface area contributed by atoms with Crippen LogP contribution in [0, 0.1) is 20.2 Å². The molecule has 2 rings (SSSR count). The van der Waals surface area contributed by atoms with E-state index in [-0.39, 0.29) is 15.6 Å². The first-order chi connectivity index (χ1) is 10.3. The monoisotopic (exact) mass is 345 g/mol. The van der Waals surface area contributed by atoms with E-state index >= 15 is 0 Å². The topological polar surface area (TPSA) is 102 Å². The van der Waals surface area contributed by atoms with Crippen LogP contribution in [-0.2, 0) is 0 Å². The SMILES string of the molecule is CC(C)[N+](=O)[O-].O=[N+]([O-])c1c(Cl)cccc1-c1c[nH]cc1Cl. The minimum absolute atomic E-state index is 0.0970. The van der Waals surface area contributed by atoms with Crippen molar-refractivity contribution in [1.29, 1.82) is 0 Å². The Hall–Kier alpha value is -2.12. The Kier molecular flexibility index (Phi) is 6.33. The lowest BCUT2D eigenvalue weighted by atomic mass is 10.1. The molecule has 1 aromatic heterocycles. The second-order valence-corrected chi connectivity index (χ2v) is 5.30. The number of para-hydroxylation sites is 1. The van der Waals surface area contributed by atoms with E-state index in [1.165, 1.54) is 6.07 Å². The van der Waals surface area contributed by atoms with Gasteiger partial charge < -0.3 is 4.98 Å². The number of halogens is 2. The number of nitro groups is 2. The van der Waals surface area contributed by atoms with Gasteiger partial charge in [0, 0.05) is 36.7 Å². The maximum atomic E-state index is 10.9. The van der Waals surface area contributed by atoms with Crippen molar-refractivity contribution in [3.8, 4) is 11.1 Å². The van der Waals surface area contributed by atoms with Crippen LogP contribution in [0.4, 0.5) is 5.69 Å². The van der Waals surface area contributed by atoms with Gasteiger partial charge in [0.2, 0.25) is 6.04 Å². The number of rotatable bonds is 3. The van der Waals surface area contributed by atoms with Gasteiger partial charge in [-0.15, -0.1) is 0 Å². The van der Waals surface area contributed by atoms with E-state index < -0.39 is 11.0 Å². The number of hydrogen-bond acceptors (Lipinski definition) is 4. The minimum atomic E-state index is -0.513. The smallest absolute Gasteiger partial charge is 0.295 e. The standard InChI is InChI=1S/C10H6Cl2N2O2.C3H7NO2/c11-8-3-1-2-6(10(8)14(15)16)7-4-13-5-9(7)12;1-3(2)4(5)6/h1-5,13H;3H,1-2H3. The normalized spacial score (nSPS) is 10.0. The molecule has 0 spiro atoms. The molecule has 0 bridgehead atoms. The highest BCUT2D eigenvalue weighted by Gasteiger charge is 2.21. The van der Waals surface area contributed by atoms with Crippen LogP contribution < -0.4 is 0 Å². The average molecular weight is 346 g/mol. The van der Waals surface area contributed by atoms with Gasteiger partial charge in [-0.2, -0.15) is 0 Å². The van der Waals surface area contributed by atoms with Crippen LogP contribution in [0.1, 0.15) is 13.8 Å². The molecule has 1 heterocycles. The molecule has 0 fully saturated rings. The summed E-state index contributed by atoms with van der Waals surface area (Å²) in [6.45, 7) is 3.08. The molecule has 118 valence electrons. The molecule has 1 aromatic carbocycles. The number of hydrogen-bond donors (Lipinski definition) is 1. The van der Waals surface area contributed by atoms with Gasteiger partial charge in [0.05, 0.1) is 15.5 Å². The first-order valence-electron chi connectivity index (χ1n) is 6.14. The average Bonchev–Trinajstić information content (AvgIpc) is 2.84. The van der Waals surface area contributed by atoms with Gasteiger partial charge in [-0.1, -0.05) is 29.3 Å². The Morgan fingerprint density at radius 1 is 1.05 bits per heavy atom. The molecule has 2 aromatic rings. The third-order valence-electron chi connectivity index (χ3n) is 2.58. The summed E-state index contributed by atoms with van der Waals surface area (Å²) in [6, 6.07) is 4.31. The fourth-order valence-electron chi connectivity index (χ4n) is 1.47. The summed E-state index contributed by atoms with van der Waals surface area (Å²) in [6.07, 6.45) is 3.16. The van der Waals surface area contributed by atoms with E-state index in [1.807, 2.05) is 0 Å². The highest BCUT2D eigenvalue weighted by Crippen LogP contribution is 2.38. The van der Waals surface area contributed by atoms with Crippen molar-refractivity contribution in [2.24, 2.45) is 0 Å². The van der Waals surface area contributed by atoms with Crippen molar-refractivity contribution in [2.45, 2.75) is 19.9 Å². The van der Waals surface area contributed by atoms with Crippen LogP contribution >= 0.6 is 23.2 Å². The fraction of sp³-hybridized carbons (Fsp3) is 0.231. The summed E-state index contributed by atoms with van der Waals surface area (Å²) in [5, 5.41) is 20.9. The van der Waals surface area contributed by atoms with Crippen LogP contribution in [0.25, 0.3) is 11.1 Å². The summed E-state index contributed by atoms with van der Waals surface area (Å²) in [5.41, 5.74) is 0.838. The molecular weight excluding hydrogens is 333 g/mol. The number of aromatic amines is 1. The van der Waals surface area contributed by atoms with Gasteiger partial charge in [-0.05, 0) is 12.1 Å². The molecule has 22 heavy (non-hydrogen) atoms. The van der Waals surface area contributed by atoms with Crippen molar-refractivity contribution >= 4 is 28.9 Å². The maximum Gasteiger partial charge on any atom is 0.295 e. The molecule has 0 aliphatic carbocycles. The predicted octanol–water partition coefficient (Wildman–Crippen LogP) is 4.57. The van der Waals surface area contributed by atoms with E-state index in [9.17, 15) is 20.2 Å². The Morgan fingerprint density at radius 3 is 2.05 bits per heavy atom. The molecule has 0 atom stereocenters. The lowest BCUT2D eigenvalue weighted by Crippen LogP contribution is -2.08. The van der Waals surface area contributed by atoms with E-state index in [1.54, 1.807) is 38.4 Å². The zero-order valence-corrected chi connectivity index (χ0v) is 13.3. The molecule has 0 amide bonds. The largest absolute Gasteiger partial charge is 0.366 e. The number of nitrogens with one attached hydrogen (secondary N) is 1. The molecule has 7 nitrogen and oxygen atoms in total. The number of nitrogens with zero attached hydrogens (tertiary/aromatic N) is 2. The van der Waals surface area contributed by atoms with E-state index in [0.29, 0.717) is 16.1 Å². The molecule has 0 aliphatic heterocycles. The first-order valence-corrected chi connectivity index (χ1v) is 6.90. The molecule has 0 unspecified atom stereocenters. The summed E-state index contributed by atoms with van der Waals surface area (Å²) in [4.78, 5) is 22.4. The van der Waals surface area contributed by atoms with Crippen LogP contribution in [0.5, 0.6) is 0 Å². The molecule has 1 N–H and O–H groups in total. The quantitative estimate of drug-likeness (QED) is 0.649. The lowest BCUT2D eigenvalue weighted by Gasteiger charge is -2.02. The third kappa shape index (κ3) is 4.44. The summed E-state index contributed by atoms with van der Waals surface area (Å²) >= 11 is 11.7. The van der Waals surface area contributed by atoms with Gasteiger partial charge >= 0.3 is 0 Å². The van der Waals surface area contributed by atoms with Gasteiger partial charge in [0.15, 0.2) is 0 Å². The molecule has 9 heteroatoms. The number of aromatic nitrogens is 1. The van der Waals surface area contributed by atoms with E-state index in [4.69, 9.17) is 23.2 Å². The fourth-order valence-corrected chi connectivity index (χ4v) is 1.93. The number of nitro benzene ring substituents is 1. The Bertz CT molecular complexity index is 686. The van der Waals surface area contributed by atoms with Crippen LogP contribution in [0.3, 0.4) is 0 Å². The Morgan fingerprint density at radius 2 is 1.64 bits per heavy atom. The first kappa shape index (κ1) is 17.9. The number of H-pyrrole nitrogens is 1. The van der Waals surface area contributed by atoms with Crippen LogP contribution in [0.2, 0.25) is 10.0 Å². The summed E-state index contributed by atoms with van der Waals surface area (Å²) in [5.74, 6) is 0. The predicted molar refractivity (Wildman–Crippen MR) is 85.0 cm³/mol. The van der Waals surface area contributed by atoms with Crippen LogP contribution in [-0.4, -0.2) is 20.9 Å². The minimum Gasteiger partial charge on any atom is -0.366 e. The zero-order valence-electron chi connectivity index (χ0n) is 11.7. The second kappa shape index (κ2) is 7.77. The van der Waals surface area contributed by atoms with E-state index in [0.717, 1.165) is 0 Å². The Labute approximate surface area is 136 Å². The van der Waals surface area contributed by atoms with Crippen molar-refractivity contribution in [3.05, 3.63) is 60.9 Å². The summed E-state index contributed by atoms with van der Waals surface area (Å²) < 4.78 is 0. The molecule has 0 saturated carbocycles. The van der Waals surface area contributed by atoms with Crippen molar-refractivity contribution in [3.63, 3.8) is 0 Å². The van der Waals surface area contributed by atoms with Crippen LogP contribution in [0.15, 0.2) is 30.6 Å². The van der Waals surface area contributed by atoms with Gasteiger partial charge in [0.1, 0.15) is 5.02 Å². The van der Waals surface area contributed by atoms with Crippen molar-refractivity contribution in [1.82, 2.24) is 4.98 Å². The molecule has 0 radical (unpaired) electrons. The highest BCUT2D eigenvalue weighted by atomic mass is 35.5. The van der Waals surface area contributed by atoms with Gasteiger partial charge in [-0.25, -0.2) is 0 Å². The van der Waals surface area contributed by atoms with E-state index in [2.05, 4.69) is 4.98 Å². The summed E-state index contributed by atoms with van der Waals surface area (Å²) in [7, 11) is 0. The van der Waals surface area contributed by atoms with Crippen molar-refractivity contribution < 1.29 is 9.85 Å². The highest BCUT2D eigenvalue weighted by molar-refractivity contribution is 6.35. The zero-order chi connectivity index (χ0) is 16.9. The molecular formula is C13H13Cl2N3O4. The van der Waals surface area contributed by atoms with Crippen molar-refractivity contribution in [2.75, 3.05) is 0 Å². The number of benzene rings is 1. The Balaban J connectivity index is 0.000000346. The second-order valence-electron chi connectivity index (χ2n) is 4.49. The molecule has 0 aliphatic rings. The van der Waals surface area contributed by atoms with Gasteiger partial charge in [-0.3, -0.25) is 20.2 Å². The lowest BCUT2D eigenvalue weighted by molar-refractivity contribution is -0.513. The molecule has 0 saturated heterocycles.